The van der Waals surface area contributed by atoms with E-state index in [1.165, 1.54) is 34.4 Å². The van der Waals surface area contributed by atoms with Crippen molar-refractivity contribution in [3.05, 3.63) is 69.8 Å². The van der Waals surface area contributed by atoms with Gasteiger partial charge in [-0.2, -0.15) is 0 Å². The van der Waals surface area contributed by atoms with Crippen molar-refractivity contribution in [2.75, 3.05) is 26.2 Å². The van der Waals surface area contributed by atoms with Crippen molar-refractivity contribution in [2.45, 2.75) is 103 Å². The van der Waals surface area contributed by atoms with Gasteiger partial charge in [0.15, 0.2) is 0 Å². The molecule has 3 atom stereocenters. The van der Waals surface area contributed by atoms with Gasteiger partial charge in [-0.1, -0.05) is 18.2 Å². The van der Waals surface area contributed by atoms with Gasteiger partial charge in [-0.3, -0.25) is 14.5 Å². The minimum Gasteiger partial charge on any atom is -0.351 e. The molecule has 2 aromatic rings. The predicted octanol–water partition coefficient (Wildman–Crippen LogP) is 6.36. The molecule has 1 spiro atoms. The molecule has 2 saturated heterocycles. The maximum atomic E-state index is 15.0. The summed E-state index contributed by atoms with van der Waals surface area (Å²) in [5.41, 5.74) is 5.01. The first kappa shape index (κ1) is 30.7. The third-order valence-electron chi connectivity index (χ3n) is 10.6. The van der Waals surface area contributed by atoms with Crippen LogP contribution in [0, 0.1) is 31.4 Å². The van der Waals surface area contributed by atoms with Crippen LogP contribution in [0.4, 0.5) is 8.78 Å². The smallest absolute Gasteiger partial charge is 0.227 e. The second-order valence-electron chi connectivity index (χ2n) is 14.7. The van der Waals surface area contributed by atoms with Crippen LogP contribution in [0.2, 0.25) is 0 Å². The lowest BCUT2D eigenvalue weighted by Gasteiger charge is -2.42. The van der Waals surface area contributed by atoms with Crippen molar-refractivity contribution in [3.63, 3.8) is 0 Å². The third kappa shape index (κ3) is 5.49. The largest absolute Gasteiger partial charge is 0.351 e. The molecule has 5 rings (SSSR count). The molecule has 42 heavy (non-hydrogen) atoms. The van der Waals surface area contributed by atoms with Gasteiger partial charge in [-0.15, -0.1) is 0 Å². The highest BCUT2D eigenvalue weighted by atomic mass is 19.1. The molecule has 2 heterocycles. The number of hydrogen-bond donors (Lipinski definition) is 1. The Kier molecular flexibility index (Phi) is 7.83. The predicted molar refractivity (Wildman–Crippen MR) is 163 cm³/mol. The van der Waals surface area contributed by atoms with Crippen LogP contribution in [0.1, 0.15) is 100 Å². The Labute approximate surface area is 250 Å². The normalized spacial score (nSPS) is 24.2. The standard InChI is InChI=1S/C35H47F2N3O2/c1-21-15-26-29(16-22(21)2)35(18-30(26)34(7,8)38-23(3)41)11-13-39(14-12-35)32(42)28-20-40(33(4,5)6)19-27(28)25-10-9-24(36)17-31(25)37/h9-10,15-17,27-28,30H,11-14,18-20H2,1-8H3,(H,38,41)/t27?,28-,30?/m1/s1. The number of benzene rings is 2. The minimum atomic E-state index is -0.603. The minimum absolute atomic E-state index is 0.0280. The number of nitrogens with zero attached hydrogens (tertiary/aromatic N) is 2. The Hall–Kier alpha value is -2.80. The van der Waals surface area contributed by atoms with E-state index in [2.05, 4.69) is 70.8 Å². The Morgan fingerprint density at radius 1 is 0.929 bits per heavy atom. The number of carbonyl (C=O) groups excluding carboxylic acids is 2. The van der Waals surface area contributed by atoms with Crippen LogP contribution in [-0.4, -0.2) is 58.9 Å². The van der Waals surface area contributed by atoms with Gasteiger partial charge in [0, 0.05) is 62.1 Å². The molecule has 1 N–H and O–H groups in total. The summed E-state index contributed by atoms with van der Waals surface area (Å²) in [7, 11) is 0. The number of aryl methyl sites for hydroxylation is 2. The second kappa shape index (κ2) is 10.7. The molecule has 2 amide bonds. The van der Waals surface area contributed by atoms with E-state index >= 15 is 4.39 Å². The van der Waals surface area contributed by atoms with Crippen molar-refractivity contribution in [2.24, 2.45) is 5.92 Å². The van der Waals surface area contributed by atoms with Crippen molar-refractivity contribution in [3.8, 4) is 0 Å². The maximum absolute atomic E-state index is 15.0. The molecule has 2 aromatic carbocycles. The number of nitrogens with one attached hydrogen (secondary N) is 1. The van der Waals surface area contributed by atoms with Gasteiger partial charge in [0.1, 0.15) is 11.6 Å². The molecule has 5 nitrogen and oxygen atoms in total. The second-order valence-corrected chi connectivity index (χ2v) is 14.7. The zero-order valence-corrected chi connectivity index (χ0v) is 26.5. The zero-order chi connectivity index (χ0) is 30.8. The van der Waals surface area contributed by atoms with Gasteiger partial charge in [0.25, 0.3) is 0 Å². The molecule has 0 radical (unpaired) electrons. The molecular weight excluding hydrogens is 532 g/mol. The first-order valence-corrected chi connectivity index (χ1v) is 15.4. The maximum Gasteiger partial charge on any atom is 0.227 e. The number of fused-ring (bicyclic) bond motifs is 2. The van der Waals surface area contributed by atoms with E-state index in [1.807, 2.05) is 4.90 Å². The molecule has 2 aliphatic heterocycles. The number of carbonyl (C=O) groups is 2. The first-order valence-electron chi connectivity index (χ1n) is 15.4. The molecule has 0 saturated carbocycles. The fourth-order valence-corrected chi connectivity index (χ4v) is 7.96. The summed E-state index contributed by atoms with van der Waals surface area (Å²) in [5, 5.41) is 3.20. The highest BCUT2D eigenvalue weighted by molar-refractivity contribution is 5.81. The van der Waals surface area contributed by atoms with Crippen LogP contribution < -0.4 is 5.32 Å². The summed E-state index contributed by atoms with van der Waals surface area (Å²) in [5.74, 6) is -1.67. The summed E-state index contributed by atoms with van der Waals surface area (Å²) in [6, 6.07) is 8.40. The molecule has 2 unspecified atom stereocenters. The van der Waals surface area contributed by atoms with Crippen LogP contribution in [0.5, 0.6) is 0 Å². The van der Waals surface area contributed by atoms with Crippen molar-refractivity contribution in [1.29, 1.82) is 0 Å². The van der Waals surface area contributed by atoms with E-state index in [1.54, 1.807) is 6.92 Å². The zero-order valence-electron chi connectivity index (χ0n) is 26.5. The average Bonchev–Trinajstić information content (AvgIpc) is 3.45. The van der Waals surface area contributed by atoms with Gasteiger partial charge in [0.2, 0.25) is 11.8 Å². The summed E-state index contributed by atoms with van der Waals surface area (Å²) in [6.45, 7) is 18.9. The van der Waals surface area contributed by atoms with Crippen LogP contribution in [0.25, 0.3) is 0 Å². The molecule has 2 fully saturated rings. The lowest BCUT2D eigenvalue weighted by molar-refractivity contribution is -0.137. The molecule has 1 aliphatic carbocycles. The fourth-order valence-electron chi connectivity index (χ4n) is 7.96. The number of hydrogen-bond acceptors (Lipinski definition) is 3. The Morgan fingerprint density at radius 3 is 2.17 bits per heavy atom. The third-order valence-corrected chi connectivity index (χ3v) is 10.6. The Morgan fingerprint density at radius 2 is 1.57 bits per heavy atom. The molecule has 7 heteroatoms. The molecule has 228 valence electrons. The van der Waals surface area contributed by atoms with Crippen LogP contribution >= 0.6 is 0 Å². The van der Waals surface area contributed by atoms with Gasteiger partial charge in [-0.05, 0) is 107 Å². The highest BCUT2D eigenvalue weighted by Crippen LogP contribution is 2.55. The fraction of sp³-hybridized carbons (Fsp3) is 0.600. The van der Waals surface area contributed by atoms with Crippen molar-refractivity contribution < 1.29 is 18.4 Å². The number of amides is 2. The Balaban J connectivity index is 1.40. The monoisotopic (exact) mass is 579 g/mol. The van der Waals surface area contributed by atoms with E-state index in [0.717, 1.165) is 25.3 Å². The number of halogens is 2. The van der Waals surface area contributed by atoms with Crippen molar-refractivity contribution >= 4 is 11.8 Å². The lowest BCUT2D eigenvalue weighted by Crippen LogP contribution is -2.49. The SMILES string of the molecule is CC(=O)NC(C)(C)C1CC2(CCN(C(=O)[C@@H]3CN(C(C)(C)C)CC3c3ccc(F)cc3F)CC2)c2cc(C)c(C)cc21. The summed E-state index contributed by atoms with van der Waals surface area (Å²) >= 11 is 0. The summed E-state index contributed by atoms with van der Waals surface area (Å²) < 4.78 is 28.8. The number of rotatable bonds is 4. The molecular formula is C35H47F2N3O2. The van der Waals surface area contributed by atoms with Gasteiger partial charge in [0.05, 0.1) is 5.92 Å². The molecule has 0 bridgehead atoms. The van der Waals surface area contributed by atoms with Crippen LogP contribution in [0.3, 0.4) is 0 Å². The average molecular weight is 580 g/mol. The van der Waals surface area contributed by atoms with Crippen LogP contribution in [0.15, 0.2) is 30.3 Å². The van der Waals surface area contributed by atoms with E-state index in [4.69, 9.17) is 0 Å². The first-order chi connectivity index (χ1) is 19.5. The number of likely N-dealkylation sites (tertiary alicyclic amines) is 2. The van der Waals surface area contributed by atoms with Crippen molar-refractivity contribution in [1.82, 2.24) is 15.1 Å². The van der Waals surface area contributed by atoms with E-state index in [0.29, 0.717) is 31.7 Å². The molecule has 0 aromatic heterocycles. The quantitative estimate of drug-likeness (QED) is 0.459. The van der Waals surface area contributed by atoms with E-state index in [-0.39, 0.29) is 40.5 Å². The Bertz CT molecular complexity index is 1390. The molecule has 3 aliphatic rings. The van der Waals surface area contributed by atoms with Crippen LogP contribution in [-0.2, 0) is 15.0 Å². The van der Waals surface area contributed by atoms with Gasteiger partial charge < -0.3 is 10.2 Å². The number of piperidine rings is 1. The van der Waals surface area contributed by atoms with E-state index in [9.17, 15) is 14.0 Å². The van der Waals surface area contributed by atoms with Gasteiger partial charge in [-0.25, -0.2) is 8.78 Å². The van der Waals surface area contributed by atoms with E-state index < -0.39 is 17.2 Å². The summed E-state index contributed by atoms with van der Waals surface area (Å²) in [4.78, 5) is 30.5. The topological polar surface area (TPSA) is 52.7 Å². The highest BCUT2D eigenvalue weighted by Gasteiger charge is 2.51. The van der Waals surface area contributed by atoms with Gasteiger partial charge >= 0.3 is 0 Å². The summed E-state index contributed by atoms with van der Waals surface area (Å²) in [6.07, 6.45) is 2.64. The lowest BCUT2D eigenvalue weighted by atomic mass is 9.71.